The zero-order valence-corrected chi connectivity index (χ0v) is 11.0. The molecule has 0 aliphatic rings. The van der Waals surface area contributed by atoms with E-state index in [-0.39, 0.29) is 0 Å². The minimum atomic E-state index is 0.393. The van der Waals surface area contributed by atoms with Crippen LogP contribution in [0.4, 0.5) is 5.95 Å². The Balaban J connectivity index is 2.37. The van der Waals surface area contributed by atoms with Crippen LogP contribution in [0.25, 0.3) is 10.9 Å². The molecule has 0 radical (unpaired) electrons. The van der Waals surface area contributed by atoms with Gasteiger partial charge in [0.25, 0.3) is 0 Å². The van der Waals surface area contributed by atoms with Crippen LogP contribution in [0.5, 0.6) is 0 Å². The summed E-state index contributed by atoms with van der Waals surface area (Å²) in [4.78, 5) is 8.78. The third-order valence-corrected chi connectivity index (χ3v) is 3.25. The molecule has 0 spiro atoms. The van der Waals surface area contributed by atoms with Crippen molar-refractivity contribution in [3.8, 4) is 0 Å². The molecule has 1 aromatic carbocycles. The van der Waals surface area contributed by atoms with Crippen LogP contribution in [0, 0.1) is 0 Å². The van der Waals surface area contributed by atoms with E-state index >= 15 is 0 Å². The fraction of sp³-hybridized carbons (Fsp3) is 0.333. The van der Waals surface area contributed by atoms with Gasteiger partial charge in [-0.3, -0.25) is 0 Å². The second-order valence-electron chi connectivity index (χ2n) is 3.82. The lowest BCUT2D eigenvalue weighted by atomic mass is 10.2. The molecule has 84 valence electrons. The maximum atomic E-state index is 4.47. The molecule has 1 heterocycles. The second kappa shape index (κ2) is 4.78. The second-order valence-corrected chi connectivity index (χ2v) is 4.67. The van der Waals surface area contributed by atoms with E-state index in [2.05, 4.69) is 45.1 Å². The highest BCUT2D eigenvalue weighted by Crippen LogP contribution is 2.22. The van der Waals surface area contributed by atoms with Gasteiger partial charge in [0.15, 0.2) is 0 Å². The van der Waals surface area contributed by atoms with Crippen LogP contribution in [0.15, 0.2) is 28.9 Å². The Bertz CT molecular complexity index is 499. The molecule has 16 heavy (non-hydrogen) atoms. The average Bonchev–Trinajstić information content (AvgIpc) is 2.29. The van der Waals surface area contributed by atoms with Crippen molar-refractivity contribution in [3.63, 3.8) is 0 Å². The zero-order chi connectivity index (χ0) is 11.5. The van der Waals surface area contributed by atoms with Gasteiger partial charge in [0, 0.05) is 22.1 Å². The fourth-order valence-corrected chi connectivity index (χ4v) is 1.87. The maximum absolute atomic E-state index is 4.47. The van der Waals surface area contributed by atoms with Crippen molar-refractivity contribution in [3.05, 3.63) is 28.9 Å². The molecule has 4 heteroatoms. The lowest BCUT2D eigenvalue weighted by molar-refractivity contribution is 0.754. The highest BCUT2D eigenvalue weighted by molar-refractivity contribution is 9.10. The molecule has 0 amide bonds. The van der Waals surface area contributed by atoms with Gasteiger partial charge in [-0.1, -0.05) is 28.9 Å². The Labute approximate surface area is 103 Å². The molecular formula is C12H14BrN3. The summed E-state index contributed by atoms with van der Waals surface area (Å²) in [6, 6.07) is 6.35. The molecule has 0 aliphatic heterocycles. The average molecular weight is 280 g/mol. The number of nitrogens with zero attached hydrogens (tertiary/aromatic N) is 2. The molecule has 0 aliphatic carbocycles. The Hall–Kier alpha value is -1.16. The quantitative estimate of drug-likeness (QED) is 0.933. The Morgan fingerprint density at radius 1 is 1.44 bits per heavy atom. The highest BCUT2D eigenvalue weighted by Gasteiger charge is 2.04. The van der Waals surface area contributed by atoms with Gasteiger partial charge in [-0.25, -0.2) is 9.97 Å². The van der Waals surface area contributed by atoms with Gasteiger partial charge in [-0.05, 0) is 25.5 Å². The van der Waals surface area contributed by atoms with E-state index in [1.165, 1.54) is 0 Å². The van der Waals surface area contributed by atoms with Crippen LogP contribution in [0.1, 0.15) is 20.3 Å². The Morgan fingerprint density at radius 2 is 2.25 bits per heavy atom. The third-order valence-electron chi connectivity index (χ3n) is 2.56. The van der Waals surface area contributed by atoms with E-state index in [0.717, 1.165) is 21.8 Å². The smallest absolute Gasteiger partial charge is 0.223 e. The van der Waals surface area contributed by atoms with Crippen LogP contribution in [0.2, 0.25) is 0 Å². The molecule has 1 atom stereocenters. The molecule has 1 N–H and O–H groups in total. The summed E-state index contributed by atoms with van der Waals surface area (Å²) in [7, 11) is 0. The molecule has 1 aromatic heterocycles. The molecule has 3 nitrogen and oxygen atoms in total. The van der Waals surface area contributed by atoms with Gasteiger partial charge in [-0.15, -0.1) is 0 Å². The first-order valence-corrected chi connectivity index (χ1v) is 6.18. The number of hydrogen-bond acceptors (Lipinski definition) is 3. The number of benzene rings is 1. The topological polar surface area (TPSA) is 37.8 Å². The van der Waals surface area contributed by atoms with Crippen molar-refractivity contribution in [1.82, 2.24) is 9.97 Å². The first kappa shape index (κ1) is 11.3. The van der Waals surface area contributed by atoms with Gasteiger partial charge in [0.1, 0.15) is 0 Å². The van der Waals surface area contributed by atoms with Gasteiger partial charge in [-0.2, -0.15) is 0 Å². The molecule has 0 saturated carbocycles. The summed E-state index contributed by atoms with van der Waals surface area (Å²) in [5.41, 5.74) is 0.954. The van der Waals surface area contributed by atoms with Gasteiger partial charge < -0.3 is 5.32 Å². The predicted octanol–water partition coefficient (Wildman–Crippen LogP) is 3.60. The number of rotatable bonds is 3. The molecule has 0 fully saturated rings. The molecule has 1 unspecified atom stereocenters. The lowest BCUT2D eigenvalue weighted by Gasteiger charge is -2.11. The Kier molecular flexibility index (Phi) is 3.39. The van der Waals surface area contributed by atoms with Crippen molar-refractivity contribution in [1.29, 1.82) is 0 Å². The molecule has 2 aromatic rings. The van der Waals surface area contributed by atoms with E-state index in [4.69, 9.17) is 0 Å². The lowest BCUT2D eigenvalue weighted by Crippen LogP contribution is -2.15. The number of nitrogens with one attached hydrogen (secondary N) is 1. The number of anilines is 1. The maximum Gasteiger partial charge on any atom is 0.223 e. The molecule has 0 bridgehead atoms. The first-order chi connectivity index (χ1) is 7.70. The van der Waals surface area contributed by atoms with Crippen molar-refractivity contribution in [2.24, 2.45) is 0 Å². The number of fused-ring (bicyclic) bond motifs is 1. The van der Waals surface area contributed by atoms with E-state index in [1.54, 1.807) is 0 Å². The number of hydrogen-bond donors (Lipinski definition) is 1. The Morgan fingerprint density at radius 3 is 3.00 bits per heavy atom. The summed E-state index contributed by atoms with van der Waals surface area (Å²) in [6.45, 7) is 4.25. The predicted molar refractivity (Wildman–Crippen MR) is 70.6 cm³/mol. The largest absolute Gasteiger partial charge is 0.352 e. The fourth-order valence-electron chi connectivity index (χ4n) is 1.41. The SMILES string of the molecule is CCC(C)Nc1ncc2c(Br)cccc2n1. The van der Waals surface area contributed by atoms with E-state index in [9.17, 15) is 0 Å². The number of halogens is 1. The monoisotopic (exact) mass is 279 g/mol. The van der Waals surface area contributed by atoms with Crippen LogP contribution >= 0.6 is 15.9 Å². The summed E-state index contributed by atoms with van der Waals surface area (Å²) in [6.07, 6.45) is 2.90. The third kappa shape index (κ3) is 2.32. The highest BCUT2D eigenvalue weighted by atomic mass is 79.9. The van der Waals surface area contributed by atoms with Gasteiger partial charge >= 0.3 is 0 Å². The van der Waals surface area contributed by atoms with Crippen LogP contribution in [-0.4, -0.2) is 16.0 Å². The summed E-state index contributed by atoms with van der Waals surface area (Å²) in [5, 5.41) is 4.30. The summed E-state index contributed by atoms with van der Waals surface area (Å²) >= 11 is 3.49. The van der Waals surface area contributed by atoms with E-state index in [1.807, 2.05) is 24.4 Å². The van der Waals surface area contributed by atoms with Crippen molar-refractivity contribution in [2.45, 2.75) is 26.3 Å². The summed E-state index contributed by atoms with van der Waals surface area (Å²) < 4.78 is 1.03. The standard InChI is InChI=1S/C12H14BrN3/c1-3-8(2)15-12-14-7-9-10(13)5-4-6-11(9)16-12/h4-8H,3H2,1-2H3,(H,14,15,16). The van der Waals surface area contributed by atoms with Crippen molar-refractivity contribution in [2.75, 3.05) is 5.32 Å². The van der Waals surface area contributed by atoms with E-state index in [0.29, 0.717) is 12.0 Å². The first-order valence-electron chi connectivity index (χ1n) is 5.38. The number of aromatic nitrogens is 2. The van der Waals surface area contributed by atoms with Crippen molar-refractivity contribution >= 4 is 32.8 Å². The van der Waals surface area contributed by atoms with Crippen LogP contribution in [0.3, 0.4) is 0 Å². The van der Waals surface area contributed by atoms with Gasteiger partial charge in [0.05, 0.1) is 5.52 Å². The van der Waals surface area contributed by atoms with Gasteiger partial charge in [0.2, 0.25) is 5.95 Å². The zero-order valence-electron chi connectivity index (χ0n) is 9.37. The van der Waals surface area contributed by atoms with Crippen molar-refractivity contribution < 1.29 is 0 Å². The van der Waals surface area contributed by atoms with E-state index < -0.39 is 0 Å². The summed E-state index contributed by atoms with van der Waals surface area (Å²) in [5.74, 6) is 0.694. The minimum absolute atomic E-state index is 0.393. The molecular weight excluding hydrogens is 266 g/mol. The normalized spacial score (nSPS) is 12.7. The minimum Gasteiger partial charge on any atom is -0.352 e. The molecule has 0 saturated heterocycles. The van der Waals surface area contributed by atoms with Crippen LogP contribution < -0.4 is 5.32 Å². The molecule has 2 rings (SSSR count). The van der Waals surface area contributed by atoms with Crippen LogP contribution in [-0.2, 0) is 0 Å².